The van der Waals surface area contributed by atoms with Crippen LogP contribution in [-0.4, -0.2) is 23.2 Å². The van der Waals surface area contributed by atoms with Crippen molar-refractivity contribution in [3.63, 3.8) is 0 Å². The highest BCUT2D eigenvalue weighted by Gasteiger charge is 2.36. The van der Waals surface area contributed by atoms with Gasteiger partial charge in [0.2, 0.25) is 5.91 Å². The lowest BCUT2D eigenvalue weighted by Crippen LogP contribution is -2.54. The lowest BCUT2D eigenvalue weighted by atomic mass is 9.98. The van der Waals surface area contributed by atoms with Crippen LogP contribution in [0.1, 0.15) is 51.5 Å². The third-order valence-corrected chi connectivity index (χ3v) is 5.08. The maximum absolute atomic E-state index is 11.7. The number of hydrogen-bond acceptors (Lipinski definition) is 3. The molecule has 0 bridgehead atoms. The molecule has 0 radical (unpaired) electrons. The molecular weight excluding hydrogens is 280 g/mol. The van der Waals surface area contributed by atoms with Gasteiger partial charge < -0.3 is 11.1 Å². The van der Waals surface area contributed by atoms with Gasteiger partial charge in [-0.3, -0.25) is 4.79 Å². The van der Waals surface area contributed by atoms with E-state index >= 15 is 0 Å². The Kier molecular flexibility index (Phi) is 5.33. The first-order chi connectivity index (χ1) is 9.90. The third-order valence-electron chi connectivity index (χ3n) is 4.06. The topological polar surface area (TPSA) is 55.1 Å². The van der Waals surface area contributed by atoms with Crippen LogP contribution in [0.3, 0.4) is 0 Å². The number of carbonyl (C=O) groups excluding carboxylic acids is 1. The summed E-state index contributed by atoms with van der Waals surface area (Å²) in [5.74, 6) is 1.20. The van der Waals surface area contributed by atoms with Gasteiger partial charge in [0, 0.05) is 16.7 Å². The van der Waals surface area contributed by atoms with E-state index in [4.69, 9.17) is 5.73 Å². The van der Waals surface area contributed by atoms with Gasteiger partial charge >= 0.3 is 0 Å². The maximum Gasteiger partial charge on any atom is 0.237 e. The van der Waals surface area contributed by atoms with Crippen LogP contribution < -0.4 is 11.1 Å². The molecule has 1 amide bonds. The average Bonchev–Trinajstić information content (AvgIpc) is 3.23. The zero-order chi connectivity index (χ0) is 15.5. The number of rotatable bonds is 8. The van der Waals surface area contributed by atoms with E-state index in [1.807, 2.05) is 6.92 Å². The number of primary amides is 1. The summed E-state index contributed by atoms with van der Waals surface area (Å²) >= 11 is 1.78. The van der Waals surface area contributed by atoms with E-state index in [0.29, 0.717) is 12.0 Å². The fourth-order valence-electron chi connectivity index (χ4n) is 2.27. The first-order valence-electron chi connectivity index (χ1n) is 7.71. The van der Waals surface area contributed by atoms with Crippen LogP contribution in [0.25, 0.3) is 0 Å². The number of nitrogens with one attached hydrogen (secondary N) is 1. The minimum absolute atomic E-state index is 0.245. The van der Waals surface area contributed by atoms with Crippen molar-refractivity contribution in [3.8, 4) is 0 Å². The van der Waals surface area contributed by atoms with Crippen LogP contribution in [0.5, 0.6) is 0 Å². The molecule has 3 N–H and O–H groups in total. The lowest BCUT2D eigenvalue weighted by Gasteiger charge is -2.27. The molecule has 1 atom stereocenters. The molecule has 0 heterocycles. The van der Waals surface area contributed by atoms with Gasteiger partial charge in [-0.05, 0) is 49.8 Å². The SMILES string of the molecule is CC(C)c1ccc(SCCC(C)(NC2CC2)C(N)=O)cc1. The smallest absolute Gasteiger partial charge is 0.237 e. The van der Waals surface area contributed by atoms with Crippen LogP contribution in [-0.2, 0) is 4.79 Å². The molecule has 2 rings (SSSR count). The second kappa shape index (κ2) is 6.84. The fraction of sp³-hybridized carbons (Fsp3) is 0.588. The lowest BCUT2D eigenvalue weighted by molar-refractivity contribution is -0.124. The van der Waals surface area contributed by atoms with E-state index in [0.717, 1.165) is 25.0 Å². The fourth-order valence-corrected chi connectivity index (χ4v) is 3.34. The molecule has 21 heavy (non-hydrogen) atoms. The van der Waals surface area contributed by atoms with Gasteiger partial charge in [-0.25, -0.2) is 0 Å². The summed E-state index contributed by atoms with van der Waals surface area (Å²) in [5.41, 5.74) is 6.35. The zero-order valence-electron chi connectivity index (χ0n) is 13.2. The van der Waals surface area contributed by atoms with Gasteiger partial charge in [0.15, 0.2) is 0 Å². The normalized spacial score (nSPS) is 17.7. The molecule has 1 aliphatic carbocycles. The Morgan fingerprint density at radius 1 is 1.38 bits per heavy atom. The predicted molar refractivity (Wildman–Crippen MR) is 89.6 cm³/mol. The number of benzene rings is 1. The summed E-state index contributed by atoms with van der Waals surface area (Å²) in [4.78, 5) is 12.9. The molecule has 1 saturated carbocycles. The number of carbonyl (C=O) groups is 1. The Morgan fingerprint density at radius 2 is 2.00 bits per heavy atom. The van der Waals surface area contributed by atoms with Crippen molar-refractivity contribution < 1.29 is 4.79 Å². The minimum atomic E-state index is -0.577. The Morgan fingerprint density at radius 3 is 2.48 bits per heavy atom. The summed E-state index contributed by atoms with van der Waals surface area (Å²) in [6.45, 7) is 6.32. The van der Waals surface area contributed by atoms with Crippen LogP contribution in [0.4, 0.5) is 0 Å². The molecule has 1 aromatic carbocycles. The van der Waals surface area contributed by atoms with E-state index in [1.165, 1.54) is 10.5 Å². The van der Waals surface area contributed by atoms with Gasteiger partial charge in [0.05, 0.1) is 5.54 Å². The van der Waals surface area contributed by atoms with E-state index in [2.05, 4.69) is 43.4 Å². The molecule has 0 spiro atoms. The van der Waals surface area contributed by atoms with Crippen molar-refractivity contribution >= 4 is 17.7 Å². The first-order valence-corrected chi connectivity index (χ1v) is 8.69. The van der Waals surface area contributed by atoms with Crippen LogP contribution in [0.15, 0.2) is 29.2 Å². The molecule has 0 saturated heterocycles. The van der Waals surface area contributed by atoms with Crippen molar-refractivity contribution in [2.45, 2.75) is 62.4 Å². The highest BCUT2D eigenvalue weighted by atomic mass is 32.2. The summed E-state index contributed by atoms with van der Waals surface area (Å²) in [6.07, 6.45) is 3.08. The van der Waals surface area contributed by atoms with E-state index < -0.39 is 5.54 Å². The van der Waals surface area contributed by atoms with Crippen LogP contribution >= 0.6 is 11.8 Å². The third kappa shape index (κ3) is 4.75. The molecular formula is C17H26N2OS. The van der Waals surface area contributed by atoms with Crippen molar-refractivity contribution in [1.82, 2.24) is 5.32 Å². The molecule has 1 fully saturated rings. The maximum atomic E-state index is 11.7. The quantitative estimate of drug-likeness (QED) is 0.725. The number of thioether (sulfide) groups is 1. The summed E-state index contributed by atoms with van der Waals surface area (Å²) < 4.78 is 0. The number of nitrogens with two attached hydrogens (primary N) is 1. The van der Waals surface area contributed by atoms with Gasteiger partial charge in [-0.1, -0.05) is 26.0 Å². The Labute approximate surface area is 132 Å². The zero-order valence-corrected chi connectivity index (χ0v) is 14.0. The summed E-state index contributed by atoms with van der Waals surface area (Å²) in [6, 6.07) is 9.18. The molecule has 1 unspecified atom stereocenters. The monoisotopic (exact) mass is 306 g/mol. The van der Waals surface area contributed by atoms with E-state index in [-0.39, 0.29) is 5.91 Å². The van der Waals surface area contributed by atoms with Gasteiger partial charge in [-0.15, -0.1) is 11.8 Å². The van der Waals surface area contributed by atoms with Crippen molar-refractivity contribution in [2.24, 2.45) is 5.73 Å². The molecule has 0 aromatic heterocycles. The Hall–Kier alpha value is -1.00. The molecule has 1 aliphatic rings. The number of hydrogen-bond donors (Lipinski definition) is 2. The van der Waals surface area contributed by atoms with Crippen molar-refractivity contribution in [3.05, 3.63) is 29.8 Å². The largest absolute Gasteiger partial charge is 0.368 e. The molecule has 0 aliphatic heterocycles. The minimum Gasteiger partial charge on any atom is -0.368 e. The summed E-state index contributed by atoms with van der Waals surface area (Å²) in [5, 5.41) is 3.39. The number of amides is 1. The van der Waals surface area contributed by atoms with Crippen LogP contribution in [0, 0.1) is 0 Å². The standard InChI is InChI=1S/C17H26N2OS/c1-12(2)13-4-8-15(9-5-13)21-11-10-17(3,16(18)20)19-14-6-7-14/h4-5,8-9,12,14,19H,6-7,10-11H2,1-3H3,(H2,18,20). The predicted octanol–water partition coefficient (Wildman–Crippen LogP) is 3.29. The second-order valence-electron chi connectivity index (χ2n) is 6.44. The van der Waals surface area contributed by atoms with Crippen molar-refractivity contribution in [1.29, 1.82) is 0 Å². The highest BCUT2D eigenvalue weighted by molar-refractivity contribution is 7.99. The molecule has 116 valence electrons. The van der Waals surface area contributed by atoms with Crippen LogP contribution in [0.2, 0.25) is 0 Å². The Balaban J connectivity index is 1.85. The Bertz CT molecular complexity index is 482. The second-order valence-corrected chi connectivity index (χ2v) is 7.61. The van der Waals surface area contributed by atoms with E-state index in [1.54, 1.807) is 11.8 Å². The van der Waals surface area contributed by atoms with Gasteiger partial charge in [0.1, 0.15) is 0 Å². The average molecular weight is 306 g/mol. The van der Waals surface area contributed by atoms with Gasteiger partial charge in [-0.2, -0.15) is 0 Å². The van der Waals surface area contributed by atoms with Gasteiger partial charge in [0.25, 0.3) is 0 Å². The molecule has 1 aromatic rings. The highest BCUT2D eigenvalue weighted by Crippen LogP contribution is 2.27. The molecule has 4 heteroatoms. The summed E-state index contributed by atoms with van der Waals surface area (Å²) in [7, 11) is 0. The van der Waals surface area contributed by atoms with E-state index in [9.17, 15) is 4.79 Å². The first kappa shape index (κ1) is 16.4. The molecule has 3 nitrogen and oxygen atoms in total. The van der Waals surface area contributed by atoms with Crippen molar-refractivity contribution in [2.75, 3.05) is 5.75 Å².